The molecule has 1 aromatic carbocycles. The van der Waals surface area contributed by atoms with Gasteiger partial charge in [0.2, 0.25) is 0 Å². The van der Waals surface area contributed by atoms with Crippen molar-refractivity contribution in [2.75, 3.05) is 0 Å². The van der Waals surface area contributed by atoms with Gasteiger partial charge >= 0.3 is 0 Å². The first-order chi connectivity index (χ1) is 8.43. The Morgan fingerprint density at radius 2 is 2.00 bits per heavy atom. The highest BCUT2D eigenvalue weighted by Gasteiger charge is 2.16. The first-order valence-corrected chi connectivity index (χ1v) is 6.48. The molecular formula is C15H23NO2. The van der Waals surface area contributed by atoms with Gasteiger partial charge in [0.05, 0.1) is 0 Å². The van der Waals surface area contributed by atoms with Crippen LogP contribution in [-0.4, -0.2) is 18.1 Å². The molecule has 0 saturated carbocycles. The summed E-state index contributed by atoms with van der Waals surface area (Å²) >= 11 is 0. The number of nitrogens with one attached hydrogen (secondary N) is 1. The zero-order valence-electron chi connectivity index (χ0n) is 11.9. The van der Waals surface area contributed by atoms with Crippen LogP contribution in [0, 0.1) is 13.8 Å². The Bertz CT molecular complexity index is 415. The van der Waals surface area contributed by atoms with Gasteiger partial charge in [-0.15, -0.1) is 0 Å². The summed E-state index contributed by atoms with van der Waals surface area (Å²) in [4.78, 5) is 11.9. The molecular weight excluding hydrogens is 226 g/mol. The van der Waals surface area contributed by atoms with Crippen LogP contribution in [0.2, 0.25) is 0 Å². The molecule has 2 atom stereocenters. The summed E-state index contributed by atoms with van der Waals surface area (Å²) in [7, 11) is 0. The van der Waals surface area contributed by atoms with Crippen molar-refractivity contribution in [3.63, 3.8) is 0 Å². The fourth-order valence-electron chi connectivity index (χ4n) is 1.54. The average Bonchev–Trinajstić information content (AvgIpc) is 2.33. The van der Waals surface area contributed by atoms with Crippen LogP contribution in [-0.2, 0) is 4.79 Å². The minimum absolute atomic E-state index is 0.0646. The summed E-state index contributed by atoms with van der Waals surface area (Å²) in [5.41, 5.74) is 2.17. The van der Waals surface area contributed by atoms with Crippen molar-refractivity contribution >= 4 is 5.91 Å². The summed E-state index contributed by atoms with van der Waals surface area (Å²) < 4.78 is 5.72. The van der Waals surface area contributed by atoms with Gasteiger partial charge in [-0.05, 0) is 51.3 Å². The highest BCUT2D eigenvalue weighted by molar-refractivity contribution is 5.81. The number of carbonyl (C=O) groups is 1. The molecule has 100 valence electrons. The fourth-order valence-corrected chi connectivity index (χ4v) is 1.54. The van der Waals surface area contributed by atoms with Crippen molar-refractivity contribution in [1.29, 1.82) is 0 Å². The number of amides is 1. The lowest BCUT2D eigenvalue weighted by Gasteiger charge is -2.19. The summed E-state index contributed by atoms with van der Waals surface area (Å²) in [6.45, 7) is 9.80. The van der Waals surface area contributed by atoms with Crippen LogP contribution in [0.3, 0.4) is 0 Å². The van der Waals surface area contributed by atoms with Crippen molar-refractivity contribution in [1.82, 2.24) is 5.32 Å². The number of rotatable bonds is 5. The summed E-state index contributed by atoms with van der Waals surface area (Å²) in [6.07, 6.45) is 0.446. The van der Waals surface area contributed by atoms with Crippen LogP contribution in [0.5, 0.6) is 5.75 Å². The lowest BCUT2D eigenvalue weighted by molar-refractivity contribution is -0.127. The van der Waals surface area contributed by atoms with E-state index in [2.05, 4.69) is 5.32 Å². The van der Waals surface area contributed by atoms with Gasteiger partial charge in [-0.3, -0.25) is 4.79 Å². The van der Waals surface area contributed by atoms with Gasteiger partial charge in [0, 0.05) is 6.04 Å². The first kappa shape index (κ1) is 14.6. The summed E-state index contributed by atoms with van der Waals surface area (Å²) in [5.74, 6) is 0.715. The van der Waals surface area contributed by atoms with E-state index < -0.39 is 6.10 Å². The van der Waals surface area contributed by atoms with E-state index in [1.54, 1.807) is 6.92 Å². The van der Waals surface area contributed by atoms with Crippen LogP contribution in [0.4, 0.5) is 0 Å². The molecule has 1 amide bonds. The van der Waals surface area contributed by atoms with Crippen molar-refractivity contribution in [2.24, 2.45) is 0 Å². The third kappa shape index (κ3) is 4.06. The van der Waals surface area contributed by atoms with Crippen LogP contribution >= 0.6 is 0 Å². The largest absolute Gasteiger partial charge is 0.481 e. The standard InChI is InChI=1S/C15H23NO2/c1-6-12(4)16-15(17)13(5)18-14-9-10(2)7-8-11(14)3/h7-9,12-13H,6H2,1-5H3,(H,16,17)/t12-,13+/m1/s1. The average molecular weight is 249 g/mol. The van der Waals surface area contributed by atoms with E-state index in [9.17, 15) is 4.79 Å². The van der Waals surface area contributed by atoms with E-state index >= 15 is 0 Å². The van der Waals surface area contributed by atoms with Crippen molar-refractivity contribution in [2.45, 2.75) is 53.2 Å². The predicted octanol–water partition coefficient (Wildman–Crippen LogP) is 2.99. The molecule has 3 nitrogen and oxygen atoms in total. The molecule has 0 heterocycles. The topological polar surface area (TPSA) is 38.3 Å². The van der Waals surface area contributed by atoms with Gasteiger partial charge in [-0.2, -0.15) is 0 Å². The normalized spacial score (nSPS) is 13.8. The summed E-state index contributed by atoms with van der Waals surface area (Å²) in [5, 5.41) is 2.92. The second-order valence-electron chi connectivity index (χ2n) is 4.85. The van der Waals surface area contributed by atoms with Crippen LogP contribution in [0.25, 0.3) is 0 Å². The Kier molecular flexibility index (Phi) is 5.20. The quantitative estimate of drug-likeness (QED) is 0.871. The molecule has 0 saturated heterocycles. The van der Waals surface area contributed by atoms with Gasteiger partial charge in [0.15, 0.2) is 6.10 Å². The van der Waals surface area contributed by atoms with Gasteiger partial charge in [-0.1, -0.05) is 19.1 Å². The highest BCUT2D eigenvalue weighted by Crippen LogP contribution is 2.20. The Hall–Kier alpha value is -1.51. The lowest BCUT2D eigenvalue weighted by atomic mass is 10.1. The van der Waals surface area contributed by atoms with E-state index in [1.807, 2.05) is 45.9 Å². The van der Waals surface area contributed by atoms with Gasteiger partial charge in [0.25, 0.3) is 5.91 Å². The minimum atomic E-state index is -0.473. The third-order valence-corrected chi connectivity index (χ3v) is 3.02. The van der Waals surface area contributed by atoms with E-state index in [4.69, 9.17) is 4.74 Å². The van der Waals surface area contributed by atoms with E-state index in [0.29, 0.717) is 0 Å². The molecule has 0 aliphatic rings. The number of benzene rings is 1. The molecule has 3 heteroatoms. The highest BCUT2D eigenvalue weighted by atomic mass is 16.5. The van der Waals surface area contributed by atoms with E-state index in [0.717, 1.165) is 23.3 Å². The summed E-state index contributed by atoms with van der Waals surface area (Å²) in [6, 6.07) is 6.18. The SMILES string of the molecule is CC[C@@H](C)NC(=O)[C@H](C)Oc1cc(C)ccc1C. The zero-order chi connectivity index (χ0) is 13.7. The monoisotopic (exact) mass is 249 g/mol. The Labute approximate surface area is 110 Å². The second kappa shape index (κ2) is 6.43. The van der Waals surface area contributed by atoms with Crippen molar-refractivity contribution < 1.29 is 9.53 Å². The number of ether oxygens (including phenoxy) is 1. The molecule has 1 rings (SSSR count). The van der Waals surface area contributed by atoms with Gasteiger partial charge in [-0.25, -0.2) is 0 Å². The second-order valence-corrected chi connectivity index (χ2v) is 4.85. The van der Waals surface area contributed by atoms with Gasteiger partial charge in [0.1, 0.15) is 5.75 Å². The smallest absolute Gasteiger partial charge is 0.260 e. The van der Waals surface area contributed by atoms with Crippen molar-refractivity contribution in [3.05, 3.63) is 29.3 Å². The molecule has 18 heavy (non-hydrogen) atoms. The molecule has 0 spiro atoms. The Morgan fingerprint density at radius 1 is 1.33 bits per heavy atom. The predicted molar refractivity (Wildman–Crippen MR) is 73.9 cm³/mol. The maximum Gasteiger partial charge on any atom is 0.260 e. The maximum absolute atomic E-state index is 11.9. The molecule has 0 bridgehead atoms. The first-order valence-electron chi connectivity index (χ1n) is 6.48. The molecule has 0 fully saturated rings. The van der Waals surface area contributed by atoms with Crippen LogP contribution in [0.1, 0.15) is 38.3 Å². The Balaban J connectivity index is 2.66. The lowest BCUT2D eigenvalue weighted by Crippen LogP contribution is -2.41. The minimum Gasteiger partial charge on any atom is -0.481 e. The number of aryl methyl sites for hydroxylation is 2. The molecule has 0 radical (unpaired) electrons. The van der Waals surface area contributed by atoms with E-state index in [-0.39, 0.29) is 11.9 Å². The molecule has 0 aliphatic heterocycles. The zero-order valence-corrected chi connectivity index (χ0v) is 11.9. The molecule has 1 N–H and O–H groups in total. The molecule has 0 aliphatic carbocycles. The third-order valence-electron chi connectivity index (χ3n) is 3.02. The van der Waals surface area contributed by atoms with Crippen LogP contribution in [0.15, 0.2) is 18.2 Å². The van der Waals surface area contributed by atoms with E-state index in [1.165, 1.54) is 0 Å². The fraction of sp³-hybridized carbons (Fsp3) is 0.533. The number of carbonyl (C=O) groups excluding carboxylic acids is 1. The number of hydrogen-bond donors (Lipinski definition) is 1. The Morgan fingerprint density at radius 3 is 2.61 bits per heavy atom. The van der Waals surface area contributed by atoms with Crippen LogP contribution < -0.4 is 10.1 Å². The molecule has 0 unspecified atom stereocenters. The maximum atomic E-state index is 11.9. The molecule has 1 aromatic rings. The molecule has 0 aromatic heterocycles. The van der Waals surface area contributed by atoms with Gasteiger partial charge < -0.3 is 10.1 Å². The van der Waals surface area contributed by atoms with Crippen molar-refractivity contribution in [3.8, 4) is 5.75 Å². The number of hydrogen-bond acceptors (Lipinski definition) is 2.